The molecule has 0 bridgehead atoms. The molecular formula is C24H37N3O8S. The van der Waals surface area contributed by atoms with Crippen LogP contribution < -0.4 is 10.6 Å². The third kappa shape index (κ3) is 9.57. The number of nitrogens with zero attached hydrogens (tertiary/aromatic N) is 1. The molecule has 1 saturated carbocycles. The Morgan fingerprint density at radius 2 is 1.58 bits per heavy atom. The Bertz CT molecular complexity index is 909. The summed E-state index contributed by atoms with van der Waals surface area (Å²) >= 11 is 1.15. The molecule has 1 aliphatic rings. The maximum atomic E-state index is 12.9. The number of carbonyl (C=O) groups excluding carboxylic acids is 3. The third-order valence-electron chi connectivity index (χ3n) is 5.75. The lowest BCUT2D eigenvalue weighted by Crippen LogP contribution is -2.32. The van der Waals surface area contributed by atoms with Gasteiger partial charge in [-0.25, -0.2) is 14.4 Å². The van der Waals surface area contributed by atoms with Crippen molar-refractivity contribution in [1.82, 2.24) is 10.2 Å². The van der Waals surface area contributed by atoms with Crippen LogP contribution >= 0.6 is 11.3 Å². The summed E-state index contributed by atoms with van der Waals surface area (Å²) < 4.78 is 5.17. The number of carboxylic acids is 2. The van der Waals surface area contributed by atoms with E-state index in [-0.39, 0.29) is 30.5 Å². The first kappa shape index (κ1) is 31.0. The maximum Gasteiger partial charge on any atom is 0.414 e. The summed E-state index contributed by atoms with van der Waals surface area (Å²) in [6.45, 7) is 9.68. The Balaban J connectivity index is 0.000000960. The summed E-state index contributed by atoms with van der Waals surface area (Å²) in [5.41, 5.74) is 0.832. The van der Waals surface area contributed by atoms with Crippen molar-refractivity contribution in [1.29, 1.82) is 0 Å². The number of carbonyl (C=O) groups is 5. The van der Waals surface area contributed by atoms with Gasteiger partial charge >= 0.3 is 17.9 Å². The molecule has 12 heteroatoms. The highest BCUT2D eigenvalue weighted by molar-refractivity contribution is 7.18. The van der Waals surface area contributed by atoms with Crippen LogP contribution in [0.5, 0.6) is 0 Å². The van der Waals surface area contributed by atoms with E-state index >= 15 is 0 Å². The van der Waals surface area contributed by atoms with Crippen molar-refractivity contribution < 1.29 is 38.9 Å². The number of esters is 1. The van der Waals surface area contributed by atoms with E-state index in [1.165, 1.54) is 32.1 Å². The van der Waals surface area contributed by atoms with Crippen LogP contribution in [0.25, 0.3) is 0 Å². The molecule has 0 unspecified atom stereocenters. The molecule has 4 N–H and O–H groups in total. The molecule has 0 saturated heterocycles. The van der Waals surface area contributed by atoms with Crippen molar-refractivity contribution in [3.05, 3.63) is 16.0 Å². The van der Waals surface area contributed by atoms with Crippen LogP contribution in [0.2, 0.25) is 0 Å². The van der Waals surface area contributed by atoms with E-state index in [2.05, 4.69) is 10.6 Å². The van der Waals surface area contributed by atoms with E-state index in [0.717, 1.165) is 17.9 Å². The Morgan fingerprint density at radius 1 is 1.00 bits per heavy atom. The maximum absolute atomic E-state index is 12.9. The molecule has 11 nitrogen and oxygen atoms in total. The molecule has 1 aromatic rings. The number of nitrogens with one attached hydrogen (secondary N) is 2. The van der Waals surface area contributed by atoms with E-state index < -0.39 is 17.9 Å². The number of thiophene rings is 1. The van der Waals surface area contributed by atoms with Crippen LogP contribution in [-0.2, 0) is 19.1 Å². The Labute approximate surface area is 215 Å². The fourth-order valence-corrected chi connectivity index (χ4v) is 5.04. The van der Waals surface area contributed by atoms with Crippen molar-refractivity contribution in [3.8, 4) is 0 Å². The van der Waals surface area contributed by atoms with Crippen molar-refractivity contribution in [2.24, 2.45) is 5.92 Å². The van der Waals surface area contributed by atoms with Crippen molar-refractivity contribution >= 4 is 46.1 Å². The van der Waals surface area contributed by atoms with Gasteiger partial charge in [0.2, 0.25) is 5.91 Å². The first-order chi connectivity index (χ1) is 17.1. The van der Waals surface area contributed by atoms with E-state index in [0.29, 0.717) is 34.4 Å². The monoisotopic (exact) mass is 527 g/mol. The Hall–Kier alpha value is -2.99. The zero-order valence-electron chi connectivity index (χ0n) is 21.3. The standard InChI is InChI=1S/C22H35N3O4S.C2H2O4/c1-5-25(6-2)21(27)19-15(4)18(22(28)29-7-3)20(30-19)24-17(26)14-23-13-16-11-9-8-10-12-16;3-1(4)2(5)6/h16,23H,5-14H2,1-4H3,(H,24,26);(H,3,4)(H,5,6). The molecule has 0 radical (unpaired) electrons. The van der Waals surface area contributed by atoms with Crippen LogP contribution in [0, 0.1) is 12.8 Å². The number of aliphatic carboxylic acids is 2. The van der Waals surface area contributed by atoms with Gasteiger partial charge in [0.15, 0.2) is 0 Å². The van der Waals surface area contributed by atoms with Crippen LogP contribution in [-0.4, -0.2) is 77.6 Å². The molecule has 1 heterocycles. The van der Waals surface area contributed by atoms with E-state index in [1.54, 1.807) is 18.7 Å². The topological polar surface area (TPSA) is 162 Å². The SMILES string of the molecule is CCOC(=O)c1c(NC(=O)CNCC2CCCCC2)sc(C(=O)N(CC)CC)c1C.O=C(O)C(=O)O. The fraction of sp³-hybridized carbons (Fsp3) is 0.625. The number of ether oxygens (including phenoxy) is 1. The van der Waals surface area contributed by atoms with Gasteiger partial charge in [0.25, 0.3) is 5.91 Å². The van der Waals surface area contributed by atoms with Crippen LogP contribution in [0.15, 0.2) is 0 Å². The van der Waals surface area contributed by atoms with Gasteiger partial charge in [0, 0.05) is 13.1 Å². The lowest BCUT2D eigenvalue weighted by molar-refractivity contribution is -0.159. The van der Waals surface area contributed by atoms with Crippen molar-refractivity contribution in [2.45, 2.75) is 59.8 Å². The molecule has 36 heavy (non-hydrogen) atoms. The quantitative estimate of drug-likeness (QED) is 0.265. The lowest BCUT2D eigenvalue weighted by Gasteiger charge is -2.21. The Morgan fingerprint density at radius 3 is 2.08 bits per heavy atom. The molecule has 1 aromatic heterocycles. The summed E-state index contributed by atoms with van der Waals surface area (Å²) in [6, 6.07) is 0. The number of rotatable bonds is 10. The zero-order valence-corrected chi connectivity index (χ0v) is 22.2. The average molecular weight is 528 g/mol. The number of carboxylic acid groups (broad SMARTS) is 2. The van der Waals surface area contributed by atoms with Gasteiger partial charge in [-0.15, -0.1) is 11.3 Å². The smallest absolute Gasteiger partial charge is 0.414 e. The van der Waals surface area contributed by atoms with Crippen molar-refractivity contribution in [2.75, 3.05) is 38.1 Å². The summed E-state index contributed by atoms with van der Waals surface area (Å²) in [6.07, 6.45) is 6.25. The van der Waals surface area contributed by atoms with Gasteiger partial charge in [-0.05, 0) is 58.6 Å². The molecular weight excluding hydrogens is 490 g/mol. The lowest BCUT2D eigenvalue weighted by atomic mass is 9.89. The van der Waals surface area contributed by atoms with Crippen LogP contribution in [0.1, 0.15) is 78.5 Å². The van der Waals surface area contributed by atoms with Gasteiger partial charge in [0.05, 0.1) is 23.6 Å². The predicted octanol–water partition coefficient (Wildman–Crippen LogP) is 2.98. The zero-order chi connectivity index (χ0) is 27.3. The minimum Gasteiger partial charge on any atom is -0.473 e. The highest BCUT2D eigenvalue weighted by atomic mass is 32.1. The molecule has 0 spiro atoms. The number of hydrogen-bond donors (Lipinski definition) is 4. The van der Waals surface area contributed by atoms with E-state index in [9.17, 15) is 14.4 Å². The van der Waals surface area contributed by atoms with Gasteiger partial charge < -0.3 is 30.5 Å². The van der Waals surface area contributed by atoms with E-state index in [4.69, 9.17) is 24.5 Å². The molecule has 202 valence electrons. The number of hydrogen-bond acceptors (Lipinski definition) is 8. The van der Waals surface area contributed by atoms with Crippen LogP contribution in [0.3, 0.4) is 0 Å². The second kappa shape index (κ2) is 15.9. The predicted molar refractivity (Wildman–Crippen MR) is 136 cm³/mol. The number of amides is 2. The average Bonchev–Trinajstić information content (AvgIpc) is 3.16. The normalized spacial score (nSPS) is 13.2. The molecule has 2 rings (SSSR count). The largest absolute Gasteiger partial charge is 0.473 e. The summed E-state index contributed by atoms with van der Waals surface area (Å²) in [7, 11) is 0. The molecule has 1 fully saturated rings. The third-order valence-corrected chi connectivity index (χ3v) is 6.95. The van der Waals surface area contributed by atoms with Gasteiger partial charge in [-0.3, -0.25) is 9.59 Å². The van der Waals surface area contributed by atoms with Gasteiger partial charge in [-0.1, -0.05) is 19.3 Å². The molecule has 0 aromatic carbocycles. The molecule has 2 amide bonds. The fourth-order valence-electron chi connectivity index (χ4n) is 3.86. The second-order valence-corrected chi connectivity index (χ2v) is 9.27. The Kier molecular flexibility index (Phi) is 13.7. The van der Waals surface area contributed by atoms with E-state index in [1.807, 2.05) is 13.8 Å². The minimum atomic E-state index is -1.82. The van der Waals surface area contributed by atoms with Gasteiger partial charge in [0.1, 0.15) is 5.00 Å². The molecule has 1 aliphatic carbocycles. The summed E-state index contributed by atoms with van der Waals surface area (Å²) in [5, 5.41) is 21.2. The summed E-state index contributed by atoms with van der Waals surface area (Å²) in [4.78, 5) is 58.3. The highest BCUT2D eigenvalue weighted by Gasteiger charge is 2.28. The highest BCUT2D eigenvalue weighted by Crippen LogP contribution is 2.34. The first-order valence-electron chi connectivity index (χ1n) is 12.1. The van der Waals surface area contributed by atoms with Crippen molar-refractivity contribution in [3.63, 3.8) is 0 Å². The molecule has 0 atom stereocenters. The van der Waals surface area contributed by atoms with Crippen LogP contribution in [0.4, 0.5) is 5.00 Å². The first-order valence-corrected chi connectivity index (χ1v) is 12.9. The van der Waals surface area contributed by atoms with Gasteiger partial charge in [-0.2, -0.15) is 0 Å². The minimum absolute atomic E-state index is 0.135. The summed E-state index contributed by atoms with van der Waals surface area (Å²) in [5.74, 6) is -3.90. The molecule has 0 aliphatic heterocycles. The second-order valence-electron chi connectivity index (χ2n) is 8.25. The number of anilines is 1.